The van der Waals surface area contributed by atoms with Crippen LogP contribution in [-0.4, -0.2) is 39.3 Å². The van der Waals surface area contributed by atoms with Gasteiger partial charge in [0.1, 0.15) is 0 Å². The van der Waals surface area contributed by atoms with Crippen molar-refractivity contribution in [1.82, 2.24) is 15.0 Å². The Bertz CT molecular complexity index is 598. The van der Waals surface area contributed by atoms with Gasteiger partial charge in [0, 0.05) is 23.2 Å². The Morgan fingerprint density at radius 3 is 2.86 bits per heavy atom. The molecule has 0 radical (unpaired) electrons. The van der Waals surface area contributed by atoms with Gasteiger partial charge in [0.05, 0.1) is 6.54 Å². The number of nitrogens with zero attached hydrogens (tertiary/aromatic N) is 3. The van der Waals surface area contributed by atoms with Gasteiger partial charge in [-0.3, -0.25) is 4.90 Å². The predicted octanol–water partition coefficient (Wildman–Crippen LogP) is 3.13. The van der Waals surface area contributed by atoms with Crippen LogP contribution in [0, 0.1) is 0 Å². The lowest BCUT2D eigenvalue weighted by Gasteiger charge is -2.34. The standard InChI is InChI=1S/C16H20ClN3O2/c17-13-6-4-12(5-7-13)16-18-15(22-19-16)11-20-9-2-1-3-14(20)8-10-21/h4-7,14,21H,1-3,8-11H2/t14-/m1/s1. The van der Waals surface area contributed by atoms with Gasteiger partial charge in [0.2, 0.25) is 11.7 Å². The third kappa shape index (κ3) is 3.66. The summed E-state index contributed by atoms with van der Waals surface area (Å²) in [5, 5.41) is 13.9. The fraction of sp³-hybridized carbons (Fsp3) is 0.500. The second-order valence-electron chi connectivity index (χ2n) is 5.65. The van der Waals surface area contributed by atoms with Gasteiger partial charge in [-0.05, 0) is 50.1 Å². The lowest BCUT2D eigenvalue weighted by atomic mass is 10.00. The molecule has 3 rings (SSSR count). The number of hydrogen-bond acceptors (Lipinski definition) is 5. The van der Waals surface area contributed by atoms with Crippen molar-refractivity contribution in [3.63, 3.8) is 0 Å². The summed E-state index contributed by atoms with van der Waals surface area (Å²) >= 11 is 5.89. The van der Waals surface area contributed by atoms with Gasteiger partial charge >= 0.3 is 0 Å². The highest BCUT2D eigenvalue weighted by atomic mass is 35.5. The van der Waals surface area contributed by atoms with E-state index in [4.69, 9.17) is 16.1 Å². The molecule has 22 heavy (non-hydrogen) atoms. The lowest BCUT2D eigenvalue weighted by Crippen LogP contribution is -2.39. The molecule has 1 aromatic heterocycles. The maximum Gasteiger partial charge on any atom is 0.241 e. The van der Waals surface area contributed by atoms with Crippen molar-refractivity contribution in [3.05, 3.63) is 35.2 Å². The maximum atomic E-state index is 9.19. The monoisotopic (exact) mass is 321 g/mol. The minimum absolute atomic E-state index is 0.223. The molecule has 0 saturated carbocycles. The van der Waals surface area contributed by atoms with E-state index in [1.807, 2.05) is 24.3 Å². The molecule has 1 N–H and O–H groups in total. The first-order chi connectivity index (χ1) is 10.8. The lowest BCUT2D eigenvalue weighted by molar-refractivity contribution is 0.100. The van der Waals surface area contributed by atoms with Crippen molar-refractivity contribution in [3.8, 4) is 11.4 Å². The number of hydrogen-bond donors (Lipinski definition) is 1. The molecule has 1 fully saturated rings. The van der Waals surface area contributed by atoms with Gasteiger partial charge < -0.3 is 9.63 Å². The topological polar surface area (TPSA) is 62.4 Å². The zero-order valence-electron chi connectivity index (χ0n) is 12.4. The van der Waals surface area contributed by atoms with Crippen molar-refractivity contribution in [2.75, 3.05) is 13.2 Å². The molecule has 1 atom stereocenters. The second kappa shape index (κ2) is 7.22. The van der Waals surface area contributed by atoms with Crippen molar-refractivity contribution in [2.24, 2.45) is 0 Å². The highest BCUT2D eigenvalue weighted by Gasteiger charge is 2.23. The predicted molar refractivity (Wildman–Crippen MR) is 84.5 cm³/mol. The Hall–Kier alpha value is -1.43. The average molecular weight is 322 g/mol. The van der Waals surface area contributed by atoms with Gasteiger partial charge in [0.25, 0.3) is 0 Å². The van der Waals surface area contributed by atoms with Crippen LogP contribution < -0.4 is 0 Å². The van der Waals surface area contributed by atoms with Crippen LogP contribution in [0.15, 0.2) is 28.8 Å². The first kappa shape index (κ1) is 15.5. The molecule has 118 valence electrons. The highest BCUT2D eigenvalue weighted by molar-refractivity contribution is 6.30. The van der Waals surface area contributed by atoms with E-state index in [-0.39, 0.29) is 6.61 Å². The third-order valence-electron chi connectivity index (χ3n) is 4.12. The molecule has 1 aliphatic rings. The molecule has 0 bridgehead atoms. The van der Waals surface area contributed by atoms with Crippen LogP contribution in [0.4, 0.5) is 0 Å². The molecule has 0 amide bonds. The van der Waals surface area contributed by atoms with Gasteiger partial charge in [-0.15, -0.1) is 0 Å². The molecule has 2 heterocycles. The fourth-order valence-corrected chi connectivity index (χ4v) is 3.08. The van der Waals surface area contributed by atoms with Crippen LogP contribution in [0.3, 0.4) is 0 Å². The van der Waals surface area contributed by atoms with E-state index >= 15 is 0 Å². The molecule has 1 aromatic carbocycles. The number of halogens is 1. The fourth-order valence-electron chi connectivity index (χ4n) is 2.95. The number of aliphatic hydroxyl groups excluding tert-OH is 1. The van der Waals surface area contributed by atoms with Crippen LogP contribution in [0.1, 0.15) is 31.6 Å². The van der Waals surface area contributed by atoms with E-state index in [2.05, 4.69) is 15.0 Å². The summed E-state index contributed by atoms with van der Waals surface area (Å²) in [5.74, 6) is 1.21. The van der Waals surface area contributed by atoms with Crippen molar-refractivity contribution < 1.29 is 9.63 Å². The third-order valence-corrected chi connectivity index (χ3v) is 4.37. The SMILES string of the molecule is OCC[C@H]1CCCCN1Cc1nc(-c2ccc(Cl)cc2)no1. The number of likely N-dealkylation sites (tertiary alicyclic amines) is 1. The maximum absolute atomic E-state index is 9.19. The molecule has 1 saturated heterocycles. The Balaban J connectivity index is 1.69. The number of aliphatic hydroxyl groups is 1. The van der Waals surface area contributed by atoms with Crippen LogP contribution in [0.25, 0.3) is 11.4 Å². The largest absolute Gasteiger partial charge is 0.396 e. The van der Waals surface area contributed by atoms with Gasteiger partial charge in [-0.25, -0.2) is 0 Å². The smallest absolute Gasteiger partial charge is 0.241 e. The van der Waals surface area contributed by atoms with Crippen molar-refractivity contribution >= 4 is 11.6 Å². The quantitative estimate of drug-likeness (QED) is 0.916. The first-order valence-electron chi connectivity index (χ1n) is 7.69. The number of rotatable bonds is 5. The van der Waals surface area contributed by atoms with E-state index < -0.39 is 0 Å². The van der Waals surface area contributed by atoms with E-state index in [9.17, 15) is 5.11 Å². The van der Waals surface area contributed by atoms with E-state index in [1.165, 1.54) is 12.8 Å². The average Bonchev–Trinajstić information content (AvgIpc) is 2.99. The first-order valence-corrected chi connectivity index (χ1v) is 8.07. The van der Waals surface area contributed by atoms with Crippen LogP contribution in [0.2, 0.25) is 5.02 Å². The molecule has 1 aliphatic heterocycles. The van der Waals surface area contributed by atoms with Crippen LogP contribution in [0.5, 0.6) is 0 Å². The Labute approximate surface area is 134 Å². The second-order valence-corrected chi connectivity index (χ2v) is 6.09. The summed E-state index contributed by atoms with van der Waals surface area (Å²) < 4.78 is 5.38. The number of piperidine rings is 1. The van der Waals surface area contributed by atoms with Crippen LogP contribution in [-0.2, 0) is 6.54 Å². The molecule has 2 aromatic rings. The normalized spacial score (nSPS) is 19.5. The molecule has 5 nitrogen and oxygen atoms in total. The summed E-state index contributed by atoms with van der Waals surface area (Å²) in [6, 6.07) is 7.80. The summed E-state index contributed by atoms with van der Waals surface area (Å²) in [4.78, 5) is 6.81. The van der Waals surface area contributed by atoms with E-state index in [0.717, 1.165) is 24.9 Å². The zero-order valence-corrected chi connectivity index (χ0v) is 13.2. The summed E-state index contributed by atoms with van der Waals surface area (Å²) in [6.07, 6.45) is 4.33. The van der Waals surface area contributed by atoms with E-state index in [0.29, 0.717) is 29.3 Å². The Kier molecular flexibility index (Phi) is 5.08. The van der Waals surface area contributed by atoms with Gasteiger partial charge in [0.15, 0.2) is 0 Å². The number of benzene rings is 1. The molecule has 0 unspecified atom stereocenters. The molecule has 0 spiro atoms. The Morgan fingerprint density at radius 1 is 1.27 bits per heavy atom. The summed E-state index contributed by atoms with van der Waals surface area (Å²) in [6.45, 7) is 1.88. The van der Waals surface area contributed by atoms with Crippen molar-refractivity contribution in [1.29, 1.82) is 0 Å². The summed E-state index contributed by atoms with van der Waals surface area (Å²) in [7, 11) is 0. The molecule has 6 heteroatoms. The van der Waals surface area contributed by atoms with Gasteiger partial charge in [-0.2, -0.15) is 4.98 Å². The summed E-state index contributed by atoms with van der Waals surface area (Å²) in [5.41, 5.74) is 0.893. The van der Waals surface area contributed by atoms with Crippen LogP contribution >= 0.6 is 11.6 Å². The van der Waals surface area contributed by atoms with Gasteiger partial charge in [-0.1, -0.05) is 23.2 Å². The molecule has 0 aliphatic carbocycles. The Morgan fingerprint density at radius 2 is 2.09 bits per heavy atom. The number of aromatic nitrogens is 2. The molecular weight excluding hydrogens is 302 g/mol. The minimum atomic E-state index is 0.223. The highest BCUT2D eigenvalue weighted by Crippen LogP contribution is 2.23. The zero-order chi connectivity index (χ0) is 15.4. The van der Waals surface area contributed by atoms with Crippen molar-refractivity contribution in [2.45, 2.75) is 38.3 Å². The van der Waals surface area contributed by atoms with E-state index in [1.54, 1.807) is 0 Å². The molecular formula is C16H20ClN3O2. The minimum Gasteiger partial charge on any atom is -0.396 e.